The molecule has 0 saturated carbocycles. The van der Waals surface area contributed by atoms with E-state index < -0.39 is 23.1 Å². The van der Waals surface area contributed by atoms with Crippen LogP contribution in [0.1, 0.15) is 55.5 Å². The summed E-state index contributed by atoms with van der Waals surface area (Å²) in [6.07, 6.45) is -0.127. The molecule has 2 aromatic rings. The molecule has 0 bridgehead atoms. The highest BCUT2D eigenvalue weighted by atomic mass is 16.7. The van der Waals surface area contributed by atoms with Crippen molar-refractivity contribution in [3.8, 4) is 23.0 Å². The third-order valence-electron chi connectivity index (χ3n) is 5.80. The first-order chi connectivity index (χ1) is 15.8. The van der Waals surface area contributed by atoms with Crippen LogP contribution in [0.25, 0.3) is 0 Å². The van der Waals surface area contributed by atoms with Crippen molar-refractivity contribution in [1.82, 2.24) is 0 Å². The number of hydrogen-bond donors (Lipinski definition) is 0. The normalized spacial score (nSPS) is 16.2. The fourth-order valence-corrected chi connectivity index (χ4v) is 4.26. The van der Waals surface area contributed by atoms with Gasteiger partial charge < -0.3 is 28.4 Å². The van der Waals surface area contributed by atoms with Crippen molar-refractivity contribution in [2.45, 2.75) is 19.1 Å². The maximum absolute atomic E-state index is 13.6. The lowest BCUT2D eigenvalue weighted by molar-refractivity contribution is -0.138. The van der Waals surface area contributed by atoms with E-state index in [1.807, 2.05) is 0 Å². The molecule has 2 aromatic carbocycles. The lowest BCUT2D eigenvalue weighted by Gasteiger charge is -2.26. The van der Waals surface area contributed by atoms with Gasteiger partial charge in [0.05, 0.1) is 59.2 Å². The monoisotopic (exact) mass is 456 g/mol. The summed E-state index contributed by atoms with van der Waals surface area (Å²) in [7, 11) is 5.54. The van der Waals surface area contributed by atoms with Crippen LogP contribution in [0.2, 0.25) is 0 Å². The molecule has 0 atom stereocenters. The largest absolute Gasteiger partial charge is 0.497 e. The van der Waals surface area contributed by atoms with Gasteiger partial charge in [0.1, 0.15) is 28.6 Å². The summed E-state index contributed by atoms with van der Waals surface area (Å²) in [4.78, 5) is 40.4. The molecule has 9 nitrogen and oxygen atoms in total. The van der Waals surface area contributed by atoms with Crippen molar-refractivity contribution in [3.05, 3.63) is 46.0 Å². The van der Waals surface area contributed by atoms with E-state index in [1.54, 1.807) is 6.92 Å². The molecule has 1 aliphatic carbocycles. The minimum absolute atomic E-state index is 0.0268. The van der Waals surface area contributed by atoms with E-state index in [-0.39, 0.29) is 51.5 Å². The predicted molar refractivity (Wildman–Crippen MR) is 115 cm³/mol. The van der Waals surface area contributed by atoms with Crippen molar-refractivity contribution in [2.75, 3.05) is 41.7 Å². The maximum Gasteiger partial charge on any atom is 0.202 e. The molecule has 0 amide bonds. The zero-order valence-electron chi connectivity index (χ0n) is 19.0. The molecule has 1 aliphatic heterocycles. The van der Waals surface area contributed by atoms with E-state index >= 15 is 0 Å². The Morgan fingerprint density at radius 2 is 1.48 bits per heavy atom. The highest BCUT2D eigenvalue weighted by Crippen LogP contribution is 2.44. The molecule has 1 heterocycles. The molecule has 1 saturated heterocycles. The second-order valence-electron chi connectivity index (χ2n) is 7.75. The first-order valence-electron chi connectivity index (χ1n) is 10.2. The van der Waals surface area contributed by atoms with Crippen LogP contribution in [0.4, 0.5) is 0 Å². The average molecular weight is 456 g/mol. The van der Waals surface area contributed by atoms with Crippen molar-refractivity contribution in [3.63, 3.8) is 0 Å². The van der Waals surface area contributed by atoms with Crippen LogP contribution in [0.3, 0.4) is 0 Å². The summed E-state index contributed by atoms with van der Waals surface area (Å²) < 4.78 is 32.7. The molecule has 33 heavy (non-hydrogen) atoms. The number of hydrogen-bond acceptors (Lipinski definition) is 9. The molecule has 9 heteroatoms. The number of carbonyl (C=O) groups excluding carboxylic acids is 3. The molecule has 0 unspecified atom stereocenters. The highest BCUT2D eigenvalue weighted by Gasteiger charge is 2.41. The lowest BCUT2D eigenvalue weighted by Crippen LogP contribution is -2.30. The summed E-state index contributed by atoms with van der Waals surface area (Å²) in [5.74, 6) is -1.85. The van der Waals surface area contributed by atoms with Crippen molar-refractivity contribution in [1.29, 1.82) is 0 Å². The average Bonchev–Trinajstić information content (AvgIpc) is 3.25. The quantitative estimate of drug-likeness (QED) is 0.496. The molecule has 1 fully saturated rings. The van der Waals surface area contributed by atoms with Gasteiger partial charge in [0.15, 0.2) is 17.4 Å². The van der Waals surface area contributed by atoms with E-state index in [1.165, 1.54) is 46.6 Å². The molecular formula is C24H24O9. The third-order valence-corrected chi connectivity index (χ3v) is 5.80. The van der Waals surface area contributed by atoms with Crippen LogP contribution in [-0.4, -0.2) is 64.8 Å². The Hall–Kier alpha value is -3.43. The first-order valence-corrected chi connectivity index (χ1v) is 10.2. The molecule has 0 spiro atoms. The SMILES string of the molecule is COc1cc(OC)c2c(c1)C(=O)c1cc(OC)c(C(=O)CC3(C)OCCO3)c(OC)c1C2=O. The van der Waals surface area contributed by atoms with Gasteiger partial charge in [0.2, 0.25) is 5.78 Å². The Kier molecular flexibility index (Phi) is 5.85. The van der Waals surface area contributed by atoms with Gasteiger partial charge in [-0.3, -0.25) is 14.4 Å². The third kappa shape index (κ3) is 3.63. The van der Waals surface area contributed by atoms with Gasteiger partial charge in [-0.05, 0) is 19.1 Å². The van der Waals surface area contributed by atoms with Gasteiger partial charge in [-0.25, -0.2) is 0 Å². The smallest absolute Gasteiger partial charge is 0.202 e. The van der Waals surface area contributed by atoms with E-state index in [4.69, 9.17) is 28.4 Å². The fraction of sp³-hybridized carbons (Fsp3) is 0.375. The number of ether oxygens (including phenoxy) is 6. The number of rotatable bonds is 7. The summed E-state index contributed by atoms with van der Waals surface area (Å²) in [6, 6.07) is 4.39. The van der Waals surface area contributed by atoms with Gasteiger partial charge in [0.25, 0.3) is 0 Å². The summed E-state index contributed by atoms with van der Waals surface area (Å²) >= 11 is 0. The second-order valence-corrected chi connectivity index (χ2v) is 7.75. The molecule has 2 aliphatic rings. The number of benzene rings is 2. The highest BCUT2D eigenvalue weighted by molar-refractivity contribution is 6.31. The Morgan fingerprint density at radius 3 is 2.06 bits per heavy atom. The standard InChI is InChI=1S/C24H24O9/c1-24(32-6-7-33-24)11-15(25)20-17(30-4)10-14-19(23(20)31-5)22(27)18-13(21(14)26)8-12(28-2)9-16(18)29-3/h8-10H,6-7,11H2,1-5H3. The first kappa shape index (κ1) is 22.8. The Bertz CT molecular complexity index is 1160. The zero-order valence-corrected chi connectivity index (χ0v) is 19.0. The molecule has 0 aromatic heterocycles. The molecule has 0 radical (unpaired) electrons. The van der Waals surface area contributed by atoms with Gasteiger partial charge in [-0.1, -0.05) is 0 Å². The topological polar surface area (TPSA) is 107 Å². The Morgan fingerprint density at radius 1 is 0.848 bits per heavy atom. The number of Topliss-reactive ketones (excluding diaryl/α,β-unsaturated/α-hetero) is 1. The van der Waals surface area contributed by atoms with E-state index in [2.05, 4.69) is 0 Å². The van der Waals surface area contributed by atoms with Crippen LogP contribution in [0, 0.1) is 0 Å². The predicted octanol–water partition coefficient (Wildman–Crippen LogP) is 2.83. The maximum atomic E-state index is 13.6. The van der Waals surface area contributed by atoms with Crippen molar-refractivity contribution >= 4 is 17.3 Å². The van der Waals surface area contributed by atoms with E-state index in [9.17, 15) is 14.4 Å². The fourth-order valence-electron chi connectivity index (χ4n) is 4.26. The van der Waals surface area contributed by atoms with Crippen LogP contribution < -0.4 is 18.9 Å². The minimum atomic E-state index is -1.10. The molecule has 0 N–H and O–H groups in total. The second kappa shape index (κ2) is 8.49. The molecular weight excluding hydrogens is 432 g/mol. The van der Waals surface area contributed by atoms with Crippen molar-refractivity contribution in [2.24, 2.45) is 0 Å². The number of fused-ring (bicyclic) bond motifs is 2. The Labute approximate surface area is 190 Å². The zero-order chi connectivity index (χ0) is 23.9. The van der Waals surface area contributed by atoms with Crippen LogP contribution in [0.5, 0.6) is 23.0 Å². The van der Waals surface area contributed by atoms with E-state index in [0.29, 0.717) is 19.0 Å². The van der Waals surface area contributed by atoms with Gasteiger partial charge in [-0.15, -0.1) is 0 Å². The minimum Gasteiger partial charge on any atom is -0.497 e. The van der Waals surface area contributed by atoms with Gasteiger partial charge in [-0.2, -0.15) is 0 Å². The van der Waals surface area contributed by atoms with Crippen LogP contribution >= 0.6 is 0 Å². The van der Waals surface area contributed by atoms with Gasteiger partial charge in [0, 0.05) is 17.2 Å². The number of carbonyl (C=O) groups is 3. The summed E-state index contributed by atoms with van der Waals surface area (Å²) in [5, 5.41) is 0. The molecule has 4 rings (SSSR count). The molecule has 174 valence electrons. The van der Waals surface area contributed by atoms with Crippen molar-refractivity contribution < 1.29 is 42.8 Å². The van der Waals surface area contributed by atoms with Crippen LogP contribution in [-0.2, 0) is 9.47 Å². The summed E-state index contributed by atoms with van der Waals surface area (Å²) in [6.45, 7) is 2.41. The Balaban J connectivity index is 1.92. The van der Waals surface area contributed by atoms with Gasteiger partial charge >= 0.3 is 0 Å². The number of methoxy groups -OCH3 is 4. The van der Waals surface area contributed by atoms with Crippen LogP contribution in [0.15, 0.2) is 18.2 Å². The van der Waals surface area contributed by atoms with E-state index in [0.717, 1.165) is 0 Å². The lowest BCUT2D eigenvalue weighted by atomic mass is 9.81. The summed E-state index contributed by atoms with van der Waals surface area (Å²) in [5.41, 5.74) is 0.282. The number of ketones is 3.